The van der Waals surface area contributed by atoms with Gasteiger partial charge in [0, 0.05) is 6.42 Å². The van der Waals surface area contributed by atoms with Crippen molar-refractivity contribution in [2.75, 3.05) is 0 Å². The topological polar surface area (TPSA) is 54.4 Å². The Morgan fingerprint density at radius 3 is 1.74 bits per heavy atom. The fraction of sp³-hybridized carbons (Fsp3) is 0.917. The van der Waals surface area contributed by atoms with Gasteiger partial charge in [-0.05, 0) is 124 Å². The second-order valence-corrected chi connectivity index (χ2v) is 12.4. The summed E-state index contributed by atoms with van der Waals surface area (Å²) in [5.74, 6) is 2.79. The van der Waals surface area contributed by atoms with Crippen LogP contribution in [0.5, 0.6) is 0 Å². The maximum Gasteiger partial charge on any atom is 0.309 e. The highest BCUT2D eigenvalue weighted by molar-refractivity contribution is 5.76. The zero-order valence-electron chi connectivity index (χ0n) is 16.8. The molecule has 0 aromatic carbocycles. The van der Waals surface area contributed by atoms with E-state index in [9.17, 15) is 14.7 Å². The number of ketones is 1. The first-order valence-electron chi connectivity index (χ1n) is 11.5. The van der Waals surface area contributed by atoms with E-state index in [1.807, 2.05) is 0 Å². The molecule has 4 atom stereocenters. The Kier molecular flexibility index (Phi) is 3.15. The van der Waals surface area contributed by atoms with Gasteiger partial charge < -0.3 is 9.90 Å². The number of hydrogen-bond donors (Lipinski definition) is 1. The Balaban J connectivity index is 1.43. The Hall–Kier alpha value is -0.860. The SMILES string of the molecule is CC(=O)CC12CC3CC(C1)CC(C14CC5CC(CC(C(=O)O)(C5)C1)C4)(C3)C2. The van der Waals surface area contributed by atoms with Crippen molar-refractivity contribution < 1.29 is 14.7 Å². The monoisotopic (exact) mass is 370 g/mol. The first-order valence-corrected chi connectivity index (χ1v) is 11.5. The lowest BCUT2D eigenvalue weighted by molar-refractivity contribution is -0.240. The van der Waals surface area contributed by atoms with Crippen molar-refractivity contribution in [1.82, 2.24) is 0 Å². The van der Waals surface area contributed by atoms with Gasteiger partial charge in [0.1, 0.15) is 5.78 Å². The number of carbonyl (C=O) groups is 2. The lowest BCUT2D eigenvalue weighted by atomic mass is 9.31. The standard InChI is InChI=1S/C24H34O3/c1-15(25)4-21-5-16-2-17(6-21)10-23(9-16,13-21)24-11-18-3-19(12-24)8-22(7-18,14-24)20(26)27/h16-19H,2-14H2,1H3,(H,26,27). The molecule has 8 aliphatic rings. The normalized spacial score (nSPS) is 57.2. The van der Waals surface area contributed by atoms with Gasteiger partial charge in [0.15, 0.2) is 0 Å². The van der Waals surface area contributed by atoms with E-state index in [0.717, 1.165) is 37.5 Å². The molecule has 3 heteroatoms. The molecule has 0 saturated heterocycles. The van der Waals surface area contributed by atoms with Crippen LogP contribution in [-0.2, 0) is 9.59 Å². The van der Waals surface area contributed by atoms with Crippen LogP contribution in [0.3, 0.4) is 0 Å². The highest BCUT2D eigenvalue weighted by atomic mass is 16.4. The molecule has 0 aromatic rings. The molecule has 0 heterocycles. The molecule has 0 spiro atoms. The average Bonchev–Trinajstić information content (AvgIpc) is 2.50. The van der Waals surface area contributed by atoms with E-state index in [1.165, 1.54) is 57.8 Å². The molecule has 8 fully saturated rings. The van der Waals surface area contributed by atoms with Crippen LogP contribution in [0.4, 0.5) is 0 Å². The van der Waals surface area contributed by atoms with Crippen molar-refractivity contribution in [2.24, 2.45) is 45.3 Å². The quantitative estimate of drug-likeness (QED) is 0.738. The summed E-state index contributed by atoms with van der Waals surface area (Å²) in [6.45, 7) is 1.79. The number of aliphatic carboxylic acids is 1. The molecule has 3 nitrogen and oxygen atoms in total. The van der Waals surface area contributed by atoms with Crippen LogP contribution in [0.2, 0.25) is 0 Å². The molecule has 0 aliphatic heterocycles. The molecule has 8 rings (SSSR count). The van der Waals surface area contributed by atoms with Crippen LogP contribution in [0.1, 0.15) is 90.4 Å². The Morgan fingerprint density at radius 1 is 0.778 bits per heavy atom. The molecule has 8 aliphatic carbocycles. The van der Waals surface area contributed by atoms with Gasteiger partial charge in [-0.25, -0.2) is 0 Å². The summed E-state index contributed by atoms with van der Waals surface area (Å²) in [4.78, 5) is 24.5. The minimum absolute atomic E-state index is 0.260. The third-order valence-corrected chi connectivity index (χ3v) is 10.4. The summed E-state index contributed by atoms with van der Waals surface area (Å²) >= 11 is 0. The number of hydrogen-bond acceptors (Lipinski definition) is 2. The van der Waals surface area contributed by atoms with Gasteiger partial charge in [0.25, 0.3) is 0 Å². The van der Waals surface area contributed by atoms with Gasteiger partial charge >= 0.3 is 5.97 Å². The van der Waals surface area contributed by atoms with E-state index in [-0.39, 0.29) is 10.8 Å². The van der Waals surface area contributed by atoms with E-state index in [4.69, 9.17) is 0 Å². The minimum Gasteiger partial charge on any atom is -0.481 e. The van der Waals surface area contributed by atoms with E-state index in [1.54, 1.807) is 6.92 Å². The van der Waals surface area contributed by atoms with Crippen molar-refractivity contribution in [3.8, 4) is 0 Å². The third kappa shape index (κ3) is 2.15. The first-order chi connectivity index (χ1) is 12.8. The molecule has 0 aromatic heterocycles. The van der Waals surface area contributed by atoms with Crippen LogP contribution in [-0.4, -0.2) is 16.9 Å². The van der Waals surface area contributed by atoms with Gasteiger partial charge in [-0.3, -0.25) is 4.79 Å². The molecule has 27 heavy (non-hydrogen) atoms. The molecule has 1 N–H and O–H groups in total. The fourth-order valence-corrected chi connectivity index (χ4v) is 10.9. The van der Waals surface area contributed by atoms with E-state index in [0.29, 0.717) is 23.0 Å². The number of rotatable bonds is 4. The predicted molar refractivity (Wildman–Crippen MR) is 102 cm³/mol. The highest BCUT2D eigenvalue weighted by Crippen LogP contribution is 2.78. The molecule has 8 saturated carbocycles. The van der Waals surface area contributed by atoms with Crippen LogP contribution in [0, 0.1) is 45.3 Å². The lowest BCUT2D eigenvalue weighted by Gasteiger charge is -2.73. The second-order valence-electron chi connectivity index (χ2n) is 12.4. The smallest absolute Gasteiger partial charge is 0.309 e. The summed E-state index contributed by atoms with van der Waals surface area (Å²) in [7, 11) is 0. The van der Waals surface area contributed by atoms with Gasteiger partial charge in [0.05, 0.1) is 5.41 Å². The van der Waals surface area contributed by atoms with Crippen molar-refractivity contribution in [2.45, 2.75) is 90.4 Å². The molecular formula is C24H34O3. The Labute approximate surface area is 162 Å². The highest BCUT2D eigenvalue weighted by Gasteiger charge is 2.70. The number of carboxylic acids is 1. The van der Waals surface area contributed by atoms with Crippen LogP contribution in [0.25, 0.3) is 0 Å². The minimum atomic E-state index is -0.496. The lowest BCUT2D eigenvalue weighted by Crippen LogP contribution is -2.65. The van der Waals surface area contributed by atoms with Crippen molar-refractivity contribution in [3.05, 3.63) is 0 Å². The second kappa shape index (κ2) is 5.00. The predicted octanol–water partition coefficient (Wildman–Crippen LogP) is 5.22. The number of Topliss-reactive ketones (excluding diaryl/α,β-unsaturated/α-hetero) is 1. The van der Waals surface area contributed by atoms with E-state index < -0.39 is 11.4 Å². The number of carboxylic acid groups (broad SMARTS) is 1. The molecular weight excluding hydrogens is 336 g/mol. The summed E-state index contributed by atoms with van der Waals surface area (Å²) in [6, 6.07) is 0. The summed E-state index contributed by atoms with van der Waals surface area (Å²) in [6.07, 6.45) is 15.4. The molecule has 0 radical (unpaired) electrons. The fourth-order valence-electron chi connectivity index (χ4n) is 10.9. The maximum absolute atomic E-state index is 12.4. The van der Waals surface area contributed by atoms with Crippen LogP contribution < -0.4 is 0 Å². The maximum atomic E-state index is 12.4. The Morgan fingerprint density at radius 2 is 1.26 bits per heavy atom. The zero-order valence-corrected chi connectivity index (χ0v) is 16.8. The molecule has 8 bridgehead atoms. The largest absolute Gasteiger partial charge is 0.481 e. The van der Waals surface area contributed by atoms with Gasteiger partial charge in [-0.2, -0.15) is 0 Å². The number of carbonyl (C=O) groups excluding carboxylic acids is 1. The summed E-state index contributed by atoms with van der Waals surface area (Å²) in [5.41, 5.74) is 0.469. The van der Waals surface area contributed by atoms with Crippen molar-refractivity contribution >= 4 is 11.8 Å². The van der Waals surface area contributed by atoms with E-state index >= 15 is 0 Å². The Bertz CT molecular complexity index is 693. The average molecular weight is 371 g/mol. The van der Waals surface area contributed by atoms with Gasteiger partial charge in [0.2, 0.25) is 0 Å². The zero-order chi connectivity index (χ0) is 18.7. The molecule has 148 valence electrons. The van der Waals surface area contributed by atoms with Crippen molar-refractivity contribution in [3.63, 3.8) is 0 Å². The molecule has 0 amide bonds. The summed E-state index contributed by atoms with van der Waals surface area (Å²) in [5, 5.41) is 10.2. The van der Waals surface area contributed by atoms with Crippen LogP contribution >= 0.6 is 0 Å². The van der Waals surface area contributed by atoms with Crippen molar-refractivity contribution in [1.29, 1.82) is 0 Å². The first kappa shape index (κ1) is 17.0. The molecule has 4 unspecified atom stereocenters. The summed E-state index contributed by atoms with van der Waals surface area (Å²) < 4.78 is 0. The van der Waals surface area contributed by atoms with Gasteiger partial charge in [-0.15, -0.1) is 0 Å². The van der Waals surface area contributed by atoms with E-state index in [2.05, 4.69) is 0 Å². The van der Waals surface area contributed by atoms with Gasteiger partial charge in [-0.1, -0.05) is 0 Å². The van der Waals surface area contributed by atoms with Crippen LogP contribution in [0.15, 0.2) is 0 Å². The third-order valence-electron chi connectivity index (χ3n) is 10.4.